The van der Waals surface area contributed by atoms with Gasteiger partial charge < -0.3 is 14.6 Å². The summed E-state index contributed by atoms with van der Waals surface area (Å²) < 4.78 is 5.55. The number of rotatable bonds is 3. The molecule has 2 amide bonds. The molecular weight excluding hydrogens is 348 g/mol. The van der Waals surface area contributed by atoms with Gasteiger partial charge in [0.2, 0.25) is 0 Å². The highest BCUT2D eigenvalue weighted by atomic mass is 32.1. The van der Waals surface area contributed by atoms with Crippen LogP contribution in [0.25, 0.3) is 11.0 Å². The quantitative estimate of drug-likeness (QED) is 0.764. The van der Waals surface area contributed by atoms with Crippen LogP contribution in [0.5, 0.6) is 0 Å². The number of nitrogens with zero attached hydrogens (tertiary/aromatic N) is 1. The van der Waals surface area contributed by atoms with Crippen LogP contribution in [0.3, 0.4) is 0 Å². The molecule has 1 aliphatic heterocycles. The lowest BCUT2D eigenvalue weighted by molar-refractivity contribution is 0.0680. The zero-order chi connectivity index (χ0) is 18.1. The summed E-state index contributed by atoms with van der Waals surface area (Å²) in [6.07, 6.45) is 1.77. The normalized spacial score (nSPS) is 17.4. The molecule has 3 aromatic rings. The molecule has 1 N–H and O–H groups in total. The number of aryl methyl sites for hydroxylation is 1. The molecule has 3 heterocycles. The van der Waals surface area contributed by atoms with Gasteiger partial charge in [-0.1, -0.05) is 6.07 Å². The van der Waals surface area contributed by atoms with Crippen LogP contribution in [-0.2, 0) is 0 Å². The molecule has 2 aromatic heterocycles. The molecule has 26 heavy (non-hydrogen) atoms. The first kappa shape index (κ1) is 16.8. The Morgan fingerprint density at radius 3 is 2.96 bits per heavy atom. The Morgan fingerprint density at radius 2 is 2.15 bits per heavy atom. The highest BCUT2D eigenvalue weighted by Gasteiger charge is 2.26. The second kappa shape index (κ2) is 6.96. The zero-order valence-corrected chi connectivity index (χ0v) is 15.3. The summed E-state index contributed by atoms with van der Waals surface area (Å²) in [7, 11) is 0. The third-order valence-corrected chi connectivity index (χ3v) is 5.54. The maximum atomic E-state index is 12.6. The molecule has 6 heteroatoms. The largest absolute Gasteiger partial charge is 0.461 e. The van der Waals surface area contributed by atoms with E-state index in [9.17, 15) is 9.59 Å². The molecule has 5 nitrogen and oxygen atoms in total. The van der Waals surface area contributed by atoms with Crippen molar-refractivity contribution >= 4 is 34.1 Å². The summed E-state index contributed by atoms with van der Waals surface area (Å²) >= 11 is 1.45. The number of benzene rings is 1. The lowest BCUT2D eigenvalue weighted by Gasteiger charge is -2.33. The van der Waals surface area contributed by atoms with Crippen LogP contribution in [0, 0.1) is 6.92 Å². The van der Waals surface area contributed by atoms with Crippen LogP contribution in [0.2, 0.25) is 0 Å². The minimum atomic E-state index is -0.110. The summed E-state index contributed by atoms with van der Waals surface area (Å²) in [5.41, 5.74) is 1.39. The number of nitrogens with one attached hydrogen (secondary N) is 1. The van der Waals surface area contributed by atoms with Crippen molar-refractivity contribution in [3.63, 3.8) is 0 Å². The van der Waals surface area contributed by atoms with Crippen LogP contribution >= 0.6 is 11.3 Å². The maximum Gasteiger partial charge on any atom is 0.263 e. The van der Waals surface area contributed by atoms with Gasteiger partial charge in [0, 0.05) is 30.1 Å². The first-order valence-electron chi connectivity index (χ1n) is 8.74. The Labute approximate surface area is 155 Å². The number of carbonyl (C=O) groups excluding carboxylic acids is 2. The van der Waals surface area contributed by atoms with Crippen molar-refractivity contribution in [3.8, 4) is 0 Å². The SMILES string of the molecule is Cc1cc2cc(C(=O)N[C@H]3CCCN(C(=O)c4cccs4)C3)ccc2o1. The van der Waals surface area contributed by atoms with E-state index in [0.717, 1.165) is 41.0 Å². The number of furan rings is 1. The van der Waals surface area contributed by atoms with Crippen molar-refractivity contribution in [3.05, 3.63) is 58.0 Å². The van der Waals surface area contributed by atoms with E-state index in [1.165, 1.54) is 11.3 Å². The van der Waals surface area contributed by atoms with E-state index >= 15 is 0 Å². The predicted molar refractivity (Wildman–Crippen MR) is 102 cm³/mol. The highest BCUT2D eigenvalue weighted by molar-refractivity contribution is 7.12. The van der Waals surface area contributed by atoms with Crippen molar-refractivity contribution < 1.29 is 14.0 Å². The minimum absolute atomic E-state index is 0.0260. The zero-order valence-electron chi connectivity index (χ0n) is 14.5. The number of piperidine rings is 1. The molecule has 0 radical (unpaired) electrons. The van der Waals surface area contributed by atoms with Crippen LogP contribution in [-0.4, -0.2) is 35.8 Å². The van der Waals surface area contributed by atoms with Gasteiger partial charge in [0.25, 0.3) is 11.8 Å². The van der Waals surface area contributed by atoms with Gasteiger partial charge in [-0.15, -0.1) is 11.3 Å². The Bertz CT molecular complexity index is 945. The number of carbonyl (C=O) groups is 2. The third-order valence-electron chi connectivity index (χ3n) is 4.68. The van der Waals surface area contributed by atoms with Crippen LogP contribution in [0.1, 0.15) is 38.6 Å². The van der Waals surface area contributed by atoms with E-state index in [1.54, 1.807) is 6.07 Å². The van der Waals surface area contributed by atoms with E-state index < -0.39 is 0 Å². The minimum Gasteiger partial charge on any atom is -0.461 e. The standard InChI is InChI=1S/C20H20N2O3S/c1-13-10-15-11-14(6-7-17(15)25-13)19(23)21-16-4-2-8-22(12-16)20(24)18-5-3-9-26-18/h3,5-7,9-11,16H,2,4,8,12H2,1H3,(H,21,23)/t16-/m0/s1. The summed E-state index contributed by atoms with van der Waals surface area (Å²) in [6, 6.07) is 11.1. The van der Waals surface area contributed by atoms with Crippen molar-refractivity contribution in [2.75, 3.05) is 13.1 Å². The predicted octanol–water partition coefficient (Wildman–Crippen LogP) is 3.84. The monoisotopic (exact) mass is 368 g/mol. The summed E-state index contributed by atoms with van der Waals surface area (Å²) in [4.78, 5) is 27.7. The number of hydrogen-bond donors (Lipinski definition) is 1. The van der Waals surface area contributed by atoms with E-state index in [1.807, 2.05) is 47.5 Å². The van der Waals surface area contributed by atoms with Gasteiger partial charge >= 0.3 is 0 Å². The molecule has 0 aliphatic carbocycles. The van der Waals surface area contributed by atoms with Gasteiger partial charge in [-0.3, -0.25) is 9.59 Å². The van der Waals surface area contributed by atoms with Gasteiger partial charge in [0.05, 0.1) is 4.88 Å². The molecule has 4 rings (SSSR count). The molecule has 0 bridgehead atoms. The van der Waals surface area contributed by atoms with Crippen LogP contribution in [0.4, 0.5) is 0 Å². The molecule has 0 unspecified atom stereocenters. The Kier molecular flexibility index (Phi) is 4.51. The number of amides is 2. The topological polar surface area (TPSA) is 62.6 Å². The van der Waals surface area contributed by atoms with Gasteiger partial charge in [0.15, 0.2) is 0 Å². The van der Waals surface area contributed by atoms with Gasteiger partial charge in [-0.25, -0.2) is 0 Å². The Morgan fingerprint density at radius 1 is 1.27 bits per heavy atom. The molecule has 0 saturated carbocycles. The Balaban J connectivity index is 1.43. The molecule has 134 valence electrons. The van der Waals surface area contributed by atoms with Crippen molar-refractivity contribution in [2.24, 2.45) is 0 Å². The summed E-state index contributed by atoms with van der Waals surface area (Å²) in [6.45, 7) is 3.18. The third kappa shape index (κ3) is 3.37. The fourth-order valence-electron chi connectivity index (χ4n) is 3.42. The fraction of sp³-hybridized carbons (Fsp3) is 0.300. The molecule has 1 aromatic carbocycles. The number of fused-ring (bicyclic) bond motifs is 1. The van der Waals surface area contributed by atoms with E-state index in [4.69, 9.17) is 4.42 Å². The number of hydrogen-bond acceptors (Lipinski definition) is 4. The summed E-state index contributed by atoms with van der Waals surface area (Å²) in [5.74, 6) is 0.767. The average Bonchev–Trinajstić information content (AvgIpc) is 3.29. The lowest BCUT2D eigenvalue weighted by Crippen LogP contribution is -2.49. The average molecular weight is 368 g/mol. The van der Waals surface area contributed by atoms with Crippen LogP contribution < -0.4 is 5.32 Å². The summed E-state index contributed by atoms with van der Waals surface area (Å²) in [5, 5.41) is 5.91. The number of likely N-dealkylation sites (tertiary alicyclic amines) is 1. The van der Waals surface area contributed by atoms with Crippen molar-refractivity contribution in [2.45, 2.75) is 25.8 Å². The van der Waals surface area contributed by atoms with E-state index in [0.29, 0.717) is 12.1 Å². The second-order valence-electron chi connectivity index (χ2n) is 6.65. The number of thiophene rings is 1. The van der Waals surface area contributed by atoms with Crippen molar-refractivity contribution in [1.29, 1.82) is 0 Å². The molecule has 1 fully saturated rings. The lowest BCUT2D eigenvalue weighted by atomic mass is 10.0. The Hall–Kier alpha value is -2.60. The van der Waals surface area contributed by atoms with E-state index in [2.05, 4.69) is 5.32 Å². The molecule has 1 saturated heterocycles. The molecule has 1 aliphatic rings. The molecule has 1 atom stereocenters. The van der Waals surface area contributed by atoms with Crippen LogP contribution in [0.15, 0.2) is 46.2 Å². The highest BCUT2D eigenvalue weighted by Crippen LogP contribution is 2.21. The smallest absolute Gasteiger partial charge is 0.263 e. The molecule has 0 spiro atoms. The van der Waals surface area contributed by atoms with Gasteiger partial charge in [0.1, 0.15) is 11.3 Å². The first-order valence-corrected chi connectivity index (χ1v) is 9.62. The van der Waals surface area contributed by atoms with Crippen molar-refractivity contribution in [1.82, 2.24) is 10.2 Å². The van der Waals surface area contributed by atoms with Gasteiger partial charge in [-0.2, -0.15) is 0 Å². The second-order valence-corrected chi connectivity index (χ2v) is 7.60. The fourth-order valence-corrected chi connectivity index (χ4v) is 4.11. The van der Waals surface area contributed by atoms with Gasteiger partial charge in [-0.05, 0) is 55.5 Å². The first-order chi connectivity index (χ1) is 12.6. The molecular formula is C20H20N2O3S. The maximum absolute atomic E-state index is 12.6. The van der Waals surface area contributed by atoms with E-state index in [-0.39, 0.29) is 17.9 Å².